The summed E-state index contributed by atoms with van der Waals surface area (Å²) < 4.78 is 22.6. The van der Waals surface area contributed by atoms with Crippen LogP contribution in [0.3, 0.4) is 0 Å². The van der Waals surface area contributed by atoms with Gasteiger partial charge >= 0.3 is 5.97 Å². The van der Waals surface area contributed by atoms with Gasteiger partial charge in [-0.15, -0.1) is 0 Å². The Labute approximate surface area is 70.7 Å². The zero-order chi connectivity index (χ0) is 9.78. The highest BCUT2D eigenvalue weighted by Gasteiger charge is 2.18. The Bertz CT molecular complexity index is 247. The third kappa shape index (κ3) is 3.65. The second-order valence-electron chi connectivity index (χ2n) is 2.05. The molecule has 0 amide bonds. The summed E-state index contributed by atoms with van der Waals surface area (Å²) >= 11 is 0. The van der Waals surface area contributed by atoms with Gasteiger partial charge in [-0.1, -0.05) is 4.47 Å². The monoisotopic (exact) mass is 197 g/mol. The SMILES string of the molecule is CON(C)S(=O)(=O)CCC(=O)O. The molecule has 0 atom stereocenters. The Morgan fingerprint density at radius 1 is 1.58 bits per heavy atom. The average Bonchev–Trinajstić information content (AvgIpc) is 1.99. The van der Waals surface area contributed by atoms with Gasteiger partial charge in [-0.25, -0.2) is 8.42 Å². The summed E-state index contributed by atoms with van der Waals surface area (Å²) in [4.78, 5) is 14.4. The zero-order valence-corrected chi connectivity index (χ0v) is 7.67. The van der Waals surface area contributed by atoms with Crippen molar-refractivity contribution in [2.24, 2.45) is 0 Å². The topological polar surface area (TPSA) is 83.9 Å². The van der Waals surface area contributed by atoms with Crippen molar-refractivity contribution in [1.82, 2.24) is 4.47 Å². The molecule has 0 aromatic heterocycles. The summed E-state index contributed by atoms with van der Waals surface area (Å²) in [6.07, 6.45) is -0.421. The highest BCUT2D eigenvalue weighted by molar-refractivity contribution is 7.88. The highest BCUT2D eigenvalue weighted by atomic mass is 32.2. The van der Waals surface area contributed by atoms with Crippen molar-refractivity contribution in [3.05, 3.63) is 0 Å². The van der Waals surface area contributed by atoms with Crippen molar-refractivity contribution in [3.8, 4) is 0 Å². The van der Waals surface area contributed by atoms with Gasteiger partial charge in [0, 0.05) is 7.05 Å². The van der Waals surface area contributed by atoms with E-state index in [1.54, 1.807) is 0 Å². The van der Waals surface area contributed by atoms with Crippen LogP contribution in [0.1, 0.15) is 6.42 Å². The zero-order valence-electron chi connectivity index (χ0n) is 6.85. The molecule has 0 spiro atoms. The van der Waals surface area contributed by atoms with E-state index in [0.717, 1.165) is 0 Å². The fraction of sp³-hybridized carbons (Fsp3) is 0.800. The van der Waals surface area contributed by atoms with Crippen molar-refractivity contribution in [1.29, 1.82) is 0 Å². The van der Waals surface area contributed by atoms with Crippen LogP contribution in [0, 0.1) is 0 Å². The van der Waals surface area contributed by atoms with Gasteiger partial charge < -0.3 is 5.11 Å². The molecule has 72 valence electrons. The van der Waals surface area contributed by atoms with Crippen molar-refractivity contribution in [2.75, 3.05) is 19.9 Å². The largest absolute Gasteiger partial charge is 0.481 e. The fourth-order valence-electron chi connectivity index (χ4n) is 0.458. The summed E-state index contributed by atoms with van der Waals surface area (Å²) in [6, 6.07) is 0. The first kappa shape index (κ1) is 11.3. The number of hydrogen-bond acceptors (Lipinski definition) is 4. The minimum absolute atomic E-state index is 0.421. The highest BCUT2D eigenvalue weighted by Crippen LogP contribution is 1.99. The first-order valence-electron chi connectivity index (χ1n) is 3.12. The van der Waals surface area contributed by atoms with Crippen LogP contribution in [-0.4, -0.2) is 43.9 Å². The van der Waals surface area contributed by atoms with Crippen molar-refractivity contribution in [2.45, 2.75) is 6.42 Å². The van der Waals surface area contributed by atoms with Crippen LogP contribution in [0.15, 0.2) is 0 Å². The summed E-state index contributed by atoms with van der Waals surface area (Å²) in [5.41, 5.74) is 0. The van der Waals surface area contributed by atoms with Crippen molar-refractivity contribution < 1.29 is 23.2 Å². The van der Waals surface area contributed by atoms with Gasteiger partial charge in [0.1, 0.15) is 0 Å². The molecule has 0 rings (SSSR count). The lowest BCUT2D eigenvalue weighted by molar-refractivity contribution is -0.136. The quantitative estimate of drug-likeness (QED) is 0.588. The smallest absolute Gasteiger partial charge is 0.304 e. The van der Waals surface area contributed by atoms with Gasteiger partial charge in [0.25, 0.3) is 0 Å². The molecule has 0 aromatic carbocycles. The third-order valence-electron chi connectivity index (χ3n) is 1.22. The maximum absolute atomic E-state index is 11.0. The van der Waals surface area contributed by atoms with E-state index in [-0.39, 0.29) is 0 Å². The van der Waals surface area contributed by atoms with Crippen LogP contribution in [0.2, 0.25) is 0 Å². The van der Waals surface area contributed by atoms with Crippen molar-refractivity contribution >= 4 is 16.0 Å². The van der Waals surface area contributed by atoms with E-state index in [0.29, 0.717) is 4.47 Å². The standard InChI is InChI=1S/C5H11NO5S/c1-6(11-2)12(9,10)4-3-5(7)8/h3-4H2,1-2H3,(H,7,8). The molecular formula is C5H11NO5S. The van der Waals surface area contributed by atoms with E-state index in [4.69, 9.17) is 5.11 Å². The Hall–Kier alpha value is -0.660. The number of nitrogens with zero attached hydrogens (tertiary/aromatic N) is 1. The predicted molar refractivity (Wildman–Crippen MR) is 40.8 cm³/mol. The van der Waals surface area contributed by atoms with E-state index >= 15 is 0 Å². The summed E-state index contributed by atoms with van der Waals surface area (Å²) in [7, 11) is -1.18. The maximum atomic E-state index is 11.0. The van der Waals surface area contributed by atoms with Gasteiger partial charge in [-0.05, 0) is 0 Å². The second-order valence-corrected chi connectivity index (χ2v) is 4.14. The van der Waals surface area contributed by atoms with Crippen LogP contribution >= 0.6 is 0 Å². The summed E-state index contributed by atoms with van der Waals surface area (Å²) in [5, 5.41) is 8.21. The number of carbonyl (C=O) groups is 1. The van der Waals surface area contributed by atoms with Gasteiger partial charge in [-0.2, -0.15) is 0 Å². The van der Waals surface area contributed by atoms with E-state index in [2.05, 4.69) is 4.84 Å². The Morgan fingerprint density at radius 2 is 2.08 bits per heavy atom. The number of carboxylic acids is 1. The molecule has 1 N–H and O–H groups in total. The normalized spacial score (nSPS) is 11.9. The predicted octanol–water partition coefficient (Wildman–Crippen LogP) is -0.716. The molecule has 0 aliphatic heterocycles. The molecule has 0 heterocycles. The molecule has 0 fully saturated rings. The van der Waals surface area contributed by atoms with Crippen LogP contribution in [0.25, 0.3) is 0 Å². The molecule has 6 nitrogen and oxygen atoms in total. The number of sulfonamides is 1. The van der Waals surface area contributed by atoms with Crippen molar-refractivity contribution in [3.63, 3.8) is 0 Å². The molecule has 0 unspecified atom stereocenters. The number of hydroxylamine groups is 1. The van der Waals surface area contributed by atoms with Crippen LogP contribution in [0.4, 0.5) is 0 Å². The minimum atomic E-state index is -3.58. The summed E-state index contributed by atoms with van der Waals surface area (Å²) in [6.45, 7) is 0. The third-order valence-corrected chi connectivity index (χ3v) is 2.88. The van der Waals surface area contributed by atoms with Crippen LogP contribution in [-0.2, 0) is 19.7 Å². The lowest BCUT2D eigenvalue weighted by atomic mass is 10.5. The molecule has 0 radical (unpaired) electrons. The Kier molecular flexibility index (Phi) is 4.15. The minimum Gasteiger partial charge on any atom is -0.481 e. The van der Waals surface area contributed by atoms with Gasteiger partial charge in [0.15, 0.2) is 0 Å². The molecule has 0 aliphatic carbocycles. The number of rotatable bonds is 5. The maximum Gasteiger partial charge on any atom is 0.304 e. The first-order chi connectivity index (χ1) is 5.40. The van der Waals surface area contributed by atoms with E-state index < -0.39 is 28.2 Å². The average molecular weight is 197 g/mol. The van der Waals surface area contributed by atoms with Crippen LogP contribution < -0.4 is 0 Å². The summed E-state index contributed by atoms with van der Waals surface area (Å²) in [5.74, 6) is -1.60. The Morgan fingerprint density at radius 3 is 2.42 bits per heavy atom. The fourth-order valence-corrected chi connectivity index (χ4v) is 1.38. The number of aliphatic carboxylic acids is 1. The van der Waals surface area contributed by atoms with Crippen LogP contribution in [0.5, 0.6) is 0 Å². The second kappa shape index (κ2) is 4.39. The molecular weight excluding hydrogens is 186 g/mol. The molecule has 0 saturated heterocycles. The van der Waals surface area contributed by atoms with Gasteiger partial charge in [0.2, 0.25) is 10.0 Å². The number of hydrogen-bond donors (Lipinski definition) is 1. The number of carboxylic acid groups (broad SMARTS) is 1. The van der Waals surface area contributed by atoms with E-state index in [1.807, 2.05) is 0 Å². The lowest BCUT2D eigenvalue weighted by Crippen LogP contribution is -2.29. The molecule has 0 aliphatic rings. The first-order valence-corrected chi connectivity index (χ1v) is 4.73. The molecule has 0 aromatic rings. The van der Waals surface area contributed by atoms with Gasteiger partial charge in [-0.3, -0.25) is 9.63 Å². The van der Waals surface area contributed by atoms with Gasteiger partial charge in [0.05, 0.1) is 19.3 Å². The van der Waals surface area contributed by atoms with E-state index in [9.17, 15) is 13.2 Å². The molecule has 7 heteroatoms. The molecule has 12 heavy (non-hydrogen) atoms. The molecule has 0 saturated carbocycles. The Balaban J connectivity index is 4.15. The lowest BCUT2D eigenvalue weighted by Gasteiger charge is -2.12. The molecule has 0 bridgehead atoms. The van der Waals surface area contributed by atoms with E-state index in [1.165, 1.54) is 14.2 Å².